The van der Waals surface area contributed by atoms with E-state index >= 15 is 0 Å². The SMILES string of the molecule is CC(=O)C=C(N)C(F)(F)C(F)F. The summed E-state index contributed by atoms with van der Waals surface area (Å²) >= 11 is 0. The first-order chi connectivity index (χ1) is 5.28. The minimum absolute atomic E-state index is 0.284. The minimum atomic E-state index is -4.42. The van der Waals surface area contributed by atoms with Gasteiger partial charge in [-0.1, -0.05) is 0 Å². The highest BCUT2D eigenvalue weighted by atomic mass is 19.3. The highest BCUT2D eigenvalue weighted by Crippen LogP contribution is 2.27. The van der Waals surface area contributed by atoms with Crippen molar-refractivity contribution in [1.82, 2.24) is 0 Å². The maximum atomic E-state index is 12.2. The lowest BCUT2D eigenvalue weighted by Crippen LogP contribution is -2.33. The molecule has 0 saturated carbocycles. The summed E-state index contributed by atoms with van der Waals surface area (Å²) in [5.41, 5.74) is 3.15. The van der Waals surface area contributed by atoms with Crippen LogP contribution in [0.2, 0.25) is 0 Å². The van der Waals surface area contributed by atoms with Crippen molar-refractivity contribution in [2.75, 3.05) is 0 Å². The Bertz CT molecular complexity index is 212. The topological polar surface area (TPSA) is 43.1 Å². The number of ketones is 1. The van der Waals surface area contributed by atoms with Crippen molar-refractivity contribution in [2.24, 2.45) is 5.73 Å². The molecule has 0 spiro atoms. The Kier molecular flexibility index (Phi) is 3.24. The quantitative estimate of drug-likeness (QED) is 0.532. The molecule has 0 fully saturated rings. The van der Waals surface area contributed by atoms with Gasteiger partial charge in [-0.2, -0.15) is 8.78 Å². The summed E-state index contributed by atoms with van der Waals surface area (Å²) in [4.78, 5) is 10.2. The van der Waals surface area contributed by atoms with Gasteiger partial charge in [0, 0.05) is 6.08 Å². The van der Waals surface area contributed by atoms with Crippen molar-refractivity contribution in [2.45, 2.75) is 19.3 Å². The highest BCUT2D eigenvalue weighted by Gasteiger charge is 2.43. The Balaban J connectivity index is 4.67. The fourth-order valence-corrected chi connectivity index (χ4v) is 0.441. The number of allylic oxidation sites excluding steroid dienone is 2. The summed E-state index contributed by atoms with van der Waals surface area (Å²) in [6.07, 6.45) is -3.61. The van der Waals surface area contributed by atoms with Crippen LogP contribution in [0.4, 0.5) is 17.6 Å². The summed E-state index contributed by atoms with van der Waals surface area (Å²) in [7, 11) is 0. The van der Waals surface area contributed by atoms with Crippen LogP contribution in [0.1, 0.15) is 6.92 Å². The second-order valence-electron chi connectivity index (χ2n) is 2.13. The fraction of sp³-hybridized carbons (Fsp3) is 0.500. The molecule has 0 aliphatic heterocycles. The van der Waals surface area contributed by atoms with Crippen molar-refractivity contribution in [3.05, 3.63) is 11.8 Å². The first-order valence-corrected chi connectivity index (χ1v) is 2.92. The molecule has 0 aromatic carbocycles. The number of nitrogens with two attached hydrogens (primary N) is 1. The van der Waals surface area contributed by atoms with E-state index in [1.165, 1.54) is 0 Å². The maximum absolute atomic E-state index is 12.2. The van der Waals surface area contributed by atoms with E-state index in [4.69, 9.17) is 0 Å². The molecule has 0 bridgehead atoms. The van der Waals surface area contributed by atoms with Crippen LogP contribution < -0.4 is 5.73 Å². The Hall–Kier alpha value is -1.07. The molecule has 0 radical (unpaired) electrons. The average Bonchev–Trinajstić information content (AvgIpc) is 1.85. The lowest BCUT2D eigenvalue weighted by Gasteiger charge is -2.14. The molecule has 0 aromatic rings. The Morgan fingerprint density at radius 1 is 1.50 bits per heavy atom. The molecule has 0 aliphatic carbocycles. The molecular weight excluding hydrogens is 178 g/mol. The van der Waals surface area contributed by atoms with E-state index in [0.29, 0.717) is 0 Å². The molecule has 0 aliphatic rings. The summed E-state index contributed by atoms with van der Waals surface area (Å²) in [6.45, 7) is 0.939. The van der Waals surface area contributed by atoms with Gasteiger partial charge in [-0.05, 0) is 6.92 Å². The van der Waals surface area contributed by atoms with E-state index in [-0.39, 0.29) is 6.08 Å². The number of hydrogen-bond donors (Lipinski definition) is 1. The molecule has 70 valence electrons. The summed E-state index contributed by atoms with van der Waals surface area (Å²) < 4.78 is 47.5. The molecule has 6 heteroatoms. The lowest BCUT2D eigenvalue weighted by molar-refractivity contribution is -0.114. The zero-order valence-electron chi connectivity index (χ0n) is 6.15. The van der Waals surface area contributed by atoms with Gasteiger partial charge in [0.2, 0.25) is 0 Å². The third-order valence-electron chi connectivity index (χ3n) is 1.02. The molecule has 0 heterocycles. The van der Waals surface area contributed by atoms with E-state index in [1.807, 2.05) is 0 Å². The molecule has 0 saturated heterocycles. The highest BCUT2D eigenvalue weighted by molar-refractivity contribution is 5.88. The van der Waals surface area contributed by atoms with Crippen molar-refractivity contribution in [3.8, 4) is 0 Å². The molecule has 0 rings (SSSR count). The third-order valence-corrected chi connectivity index (χ3v) is 1.02. The standard InChI is InChI=1S/C6H7F4NO/c1-3(12)2-4(11)6(9,10)5(7)8/h2,5H,11H2,1H3. The monoisotopic (exact) mass is 185 g/mol. The fourth-order valence-electron chi connectivity index (χ4n) is 0.441. The van der Waals surface area contributed by atoms with Crippen molar-refractivity contribution in [3.63, 3.8) is 0 Å². The number of carbonyl (C=O) groups is 1. The molecule has 0 atom stereocenters. The summed E-state index contributed by atoms with van der Waals surface area (Å²) in [6, 6.07) is 0. The minimum Gasteiger partial charge on any atom is -0.397 e. The molecule has 0 unspecified atom stereocenters. The van der Waals surface area contributed by atoms with Gasteiger partial charge in [-0.3, -0.25) is 4.79 Å². The second-order valence-corrected chi connectivity index (χ2v) is 2.13. The third kappa shape index (κ3) is 2.52. The number of carbonyl (C=O) groups excluding carboxylic acids is 1. The molecule has 12 heavy (non-hydrogen) atoms. The van der Waals surface area contributed by atoms with Gasteiger partial charge in [-0.25, -0.2) is 8.78 Å². The van der Waals surface area contributed by atoms with Crippen LogP contribution in [0, 0.1) is 0 Å². The molecule has 2 N–H and O–H groups in total. The van der Waals surface area contributed by atoms with Gasteiger partial charge < -0.3 is 5.73 Å². The molecule has 0 aromatic heterocycles. The maximum Gasteiger partial charge on any atom is 0.346 e. The predicted molar refractivity (Wildman–Crippen MR) is 33.9 cm³/mol. The smallest absolute Gasteiger partial charge is 0.346 e. The Labute approximate surface area is 66.0 Å². The zero-order chi connectivity index (χ0) is 9.94. The number of alkyl halides is 4. The van der Waals surface area contributed by atoms with Crippen LogP contribution in [0.15, 0.2) is 11.8 Å². The molecule has 2 nitrogen and oxygen atoms in total. The van der Waals surface area contributed by atoms with Crippen LogP contribution in [-0.2, 0) is 4.79 Å². The molecule has 0 amide bonds. The van der Waals surface area contributed by atoms with Crippen molar-refractivity contribution < 1.29 is 22.4 Å². The van der Waals surface area contributed by atoms with E-state index in [0.717, 1.165) is 6.92 Å². The van der Waals surface area contributed by atoms with Crippen molar-refractivity contribution in [1.29, 1.82) is 0 Å². The summed E-state index contributed by atoms with van der Waals surface area (Å²) in [5, 5.41) is 0. The van der Waals surface area contributed by atoms with Crippen molar-refractivity contribution >= 4 is 5.78 Å². The van der Waals surface area contributed by atoms with Gasteiger partial charge in [0.25, 0.3) is 0 Å². The Morgan fingerprint density at radius 2 is 1.92 bits per heavy atom. The Morgan fingerprint density at radius 3 is 2.17 bits per heavy atom. The van der Waals surface area contributed by atoms with E-state index in [2.05, 4.69) is 5.73 Å². The molecular formula is C6H7F4NO. The van der Waals surface area contributed by atoms with E-state index in [9.17, 15) is 22.4 Å². The van der Waals surface area contributed by atoms with E-state index in [1.54, 1.807) is 0 Å². The average molecular weight is 185 g/mol. The van der Waals surface area contributed by atoms with Crippen LogP contribution in [-0.4, -0.2) is 18.1 Å². The first kappa shape index (κ1) is 10.9. The van der Waals surface area contributed by atoms with Gasteiger partial charge in [0.05, 0.1) is 5.70 Å². The van der Waals surface area contributed by atoms with Crippen LogP contribution in [0.25, 0.3) is 0 Å². The lowest BCUT2D eigenvalue weighted by atomic mass is 10.2. The van der Waals surface area contributed by atoms with Gasteiger partial charge in [0.15, 0.2) is 5.78 Å². The van der Waals surface area contributed by atoms with Crippen LogP contribution >= 0.6 is 0 Å². The van der Waals surface area contributed by atoms with Crippen LogP contribution in [0.5, 0.6) is 0 Å². The van der Waals surface area contributed by atoms with Gasteiger partial charge in [-0.15, -0.1) is 0 Å². The van der Waals surface area contributed by atoms with Crippen LogP contribution in [0.3, 0.4) is 0 Å². The second kappa shape index (κ2) is 3.55. The predicted octanol–water partition coefficient (Wildman–Crippen LogP) is 1.32. The van der Waals surface area contributed by atoms with Gasteiger partial charge in [0.1, 0.15) is 0 Å². The number of hydrogen-bond acceptors (Lipinski definition) is 2. The summed E-state index contributed by atoms with van der Waals surface area (Å²) in [5.74, 6) is -5.22. The van der Waals surface area contributed by atoms with Gasteiger partial charge >= 0.3 is 12.3 Å². The largest absolute Gasteiger partial charge is 0.397 e. The normalized spacial score (nSPS) is 13.7. The number of rotatable bonds is 3. The number of halogens is 4. The first-order valence-electron chi connectivity index (χ1n) is 2.92. The van der Waals surface area contributed by atoms with E-state index < -0.39 is 23.8 Å². The zero-order valence-corrected chi connectivity index (χ0v) is 6.15.